The van der Waals surface area contributed by atoms with Crippen LogP contribution in [0.1, 0.15) is 17.3 Å². The van der Waals surface area contributed by atoms with Crippen LogP contribution in [0.15, 0.2) is 48.7 Å². The first-order valence-corrected chi connectivity index (χ1v) is 6.29. The lowest BCUT2D eigenvalue weighted by Gasteiger charge is -2.15. The fraction of sp³-hybridized carbons (Fsp3) is 0.133. The van der Waals surface area contributed by atoms with Crippen LogP contribution in [0.2, 0.25) is 0 Å². The molecule has 2 N–H and O–H groups in total. The number of rotatable bonds is 5. The van der Waals surface area contributed by atoms with Crippen LogP contribution in [0.3, 0.4) is 0 Å². The van der Waals surface area contributed by atoms with Crippen molar-refractivity contribution in [1.29, 1.82) is 0 Å². The van der Waals surface area contributed by atoms with Crippen LogP contribution in [-0.4, -0.2) is 28.1 Å². The van der Waals surface area contributed by atoms with E-state index in [-0.39, 0.29) is 11.4 Å². The Morgan fingerprint density at radius 2 is 1.90 bits per heavy atom. The molecule has 1 heterocycles. The standard InChI is InChI=1S/C15H14N2O4/c1-10(21-11-6-3-2-4-7-11)14(18)17-13-12(15(19)20)8-5-9-16-13/h2-10H,1H3,(H,19,20)(H,16,17,18). The van der Waals surface area contributed by atoms with E-state index in [4.69, 9.17) is 9.84 Å². The summed E-state index contributed by atoms with van der Waals surface area (Å²) in [6, 6.07) is 11.7. The zero-order valence-electron chi connectivity index (χ0n) is 11.3. The van der Waals surface area contributed by atoms with Gasteiger partial charge in [0, 0.05) is 6.20 Å². The molecule has 0 saturated carbocycles. The zero-order valence-corrected chi connectivity index (χ0v) is 11.3. The molecule has 0 aliphatic heterocycles. The molecule has 0 spiro atoms. The van der Waals surface area contributed by atoms with Crippen LogP contribution in [-0.2, 0) is 4.79 Å². The molecule has 0 radical (unpaired) electrons. The van der Waals surface area contributed by atoms with E-state index in [1.807, 2.05) is 6.07 Å². The van der Waals surface area contributed by atoms with Gasteiger partial charge >= 0.3 is 5.97 Å². The van der Waals surface area contributed by atoms with Gasteiger partial charge in [0.25, 0.3) is 5.91 Å². The quantitative estimate of drug-likeness (QED) is 0.879. The third-order valence-corrected chi connectivity index (χ3v) is 2.71. The third-order valence-electron chi connectivity index (χ3n) is 2.71. The molecule has 0 fully saturated rings. The number of nitrogens with zero attached hydrogens (tertiary/aromatic N) is 1. The number of carboxylic acids is 1. The highest BCUT2D eigenvalue weighted by Crippen LogP contribution is 2.14. The first-order chi connectivity index (χ1) is 10.1. The van der Waals surface area contributed by atoms with Gasteiger partial charge in [-0.25, -0.2) is 9.78 Å². The Morgan fingerprint density at radius 1 is 1.19 bits per heavy atom. The zero-order chi connectivity index (χ0) is 15.2. The largest absolute Gasteiger partial charge is 0.481 e. The Balaban J connectivity index is 2.06. The number of amides is 1. The van der Waals surface area contributed by atoms with Gasteiger partial charge in [-0.2, -0.15) is 0 Å². The number of pyridine rings is 1. The Labute approximate surface area is 121 Å². The molecule has 1 amide bonds. The van der Waals surface area contributed by atoms with E-state index in [1.165, 1.54) is 18.3 Å². The maximum atomic E-state index is 12.0. The van der Waals surface area contributed by atoms with E-state index in [0.717, 1.165) is 0 Å². The topological polar surface area (TPSA) is 88.5 Å². The average molecular weight is 286 g/mol. The number of anilines is 1. The Hall–Kier alpha value is -2.89. The fourth-order valence-corrected chi connectivity index (χ4v) is 1.65. The first kappa shape index (κ1) is 14.5. The molecule has 0 aliphatic carbocycles. The number of carbonyl (C=O) groups excluding carboxylic acids is 1. The molecule has 1 aromatic heterocycles. The predicted octanol–water partition coefficient (Wildman–Crippen LogP) is 2.19. The first-order valence-electron chi connectivity index (χ1n) is 6.29. The molecule has 0 saturated heterocycles. The average Bonchev–Trinajstić information content (AvgIpc) is 2.48. The second-order valence-electron chi connectivity index (χ2n) is 4.27. The highest BCUT2D eigenvalue weighted by molar-refractivity contribution is 6.00. The van der Waals surface area contributed by atoms with Gasteiger partial charge in [-0.1, -0.05) is 18.2 Å². The molecule has 0 bridgehead atoms. The predicted molar refractivity (Wildman–Crippen MR) is 76.4 cm³/mol. The number of para-hydroxylation sites is 1. The lowest BCUT2D eigenvalue weighted by molar-refractivity contribution is -0.122. The highest BCUT2D eigenvalue weighted by Gasteiger charge is 2.18. The van der Waals surface area contributed by atoms with Crippen molar-refractivity contribution in [2.75, 3.05) is 5.32 Å². The number of hydrogen-bond acceptors (Lipinski definition) is 4. The lowest BCUT2D eigenvalue weighted by Crippen LogP contribution is -2.31. The van der Waals surface area contributed by atoms with Crippen molar-refractivity contribution in [1.82, 2.24) is 4.98 Å². The van der Waals surface area contributed by atoms with Crippen LogP contribution in [0.25, 0.3) is 0 Å². The van der Waals surface area contributed by atoms with Crippen molar-refractivity contribution in [3.8, 4) is 5.75 Å². The fourth-order valence-electron chi connectivity index (χ4n) is 1.65. The van der Waals surface area contributed by atoms with Gasteiger partial charge in [0.1, 0.15) is 17.1 Å². The van der Waals surface area contributed by atoms with Crippen LogP contribution < -0.4 is 10.1 Å². The molecule has 21 heavy (non-hydrogen) atoms. The smallest absolute Gasteiger partial charge is 0.339 e. The molecular weight excluding hydrogens is 272 g/mol. The number of carboxylic acid groups (broad SMARTS) is 1. The van der Waals surface area contributed by atoms with Crippen molar-refractivity contribution in [2.24, 2.45) is 0 Å². The molecule has 2 rings (SSSR count). The molecule has 6 nitrogen and oxygen atoms in total. The summed E-state index contributed by atoms with van der Waals surface area (Å²) in [4.78, 5) is 26.9. The van der Waals surface area contributed by atoms with Crippen molar-refractivity contribution < 1.29 is 19.4 Å². The van der Waals surface area contributed by atoms with Crippen LogP contribution >= 0.6 is 0 Å². The van der Waals surface area contributed by atoms with Gasteiger partial charge in [0.15, 0.2) is 6.10 Å². The van der Waals surface area contributed by atoms with Gasteiger partial charge in [-0.15, -0.1) is 0 Å². The minimum Gasteiger partial charge on any atom is -0.481 e. The SMILES string of the molecule is CC(Oc1ccccc1)C(=O)Nc1ncccc1C(=O)O. The maximum absolute atomic E-state index is 12.0. The molecule has 0 aliphatic rings. The summed E-state index contributed by atoms with van der Waals surface area (Å²) in [7, 11) is 0. The minimum absolute atomic E-state index is 0.00138. The van der Waals surface area contributed by atoms with Crippen molar-refractivity contribution in [3.05, 3.63) is 54.2 Å². The number of hydrogen-bond donors (Lipinski definition) is 2. The number of nitrogens with one attached hydrogen (secondary N) is 1. The van der Waals surface area contributed by atoms with E-state index in [9.17, 15) is 9.59 Å². The summed E-state index contributed by atoms with van der Waals surface area (Å²) in [6.07, 6.45) is 0.626. The molecule has 2 aromatic rings. The molecule has 1 atom stereocenters. The van der Waals surface area contributed by atoms with E-state index in [2.05, 4.69) is 10.3 Å². The van der Waals surface area contributed by atoms with E-state index in [0.29, 0.717) is 5.75 Å². The summed E-state index contributed by atoms with van der Waals surface area (Å²) in [6.45, 7) is 1.58. The molecular formula is C15H14N2O4. The van der Waals surface area contributed by atoms with E-state index < -0.39 is 18.0 Å². The number of carbonyl (C=O) groups is 2. The molecule has 1 aromatic carbocycles. The highest BCUT2D eigenvalue weighted by atomic mass is 16.5. The monoisotopic (exact) mass is 286 g/mol. The second kappa shape index (κ2) is 6.51. The van der Waals surface area contributed by atoms with Gasteiger partial charge in [0.2, 0.25) is 0 Å². The van der Waals surface area contributed by atoms with E-state index >= 15 is 0 Å². The Kier molecular flexibility index (Phi) is 4.50. The summed E-state index contributed by atoms with van der Waals surface area (Å²) in [5, 5.41) is 11.5. The lowest BCUT2D eigenvalue weighted by atomic mass is 10.2. The maximum Gasteiger partial charge on any atom is 0.339 e. The van der Waals surface area contributed by atoms with Gasteiger partial charge < -0.3 is 15.2 Å². The van der Waals surface area contributed by atoms with Crippen molar-refractivity contribution in [2.45, 2.75) is 13.0 Å². The van der Waals surface area contributed by atoms with Gasteiger partial charge in [-0.3, -0.25) is 4.79 Å². The molecule has 6 heteroatoms. The van der Waals surface area contributed by atoms with Crippen molar-refractivity contribution in [3.63, 3.8) is 0 Å². The Morgan fingerprint density at radius 3 is 2.57 bits per heavy atom. The van der Waals surface area contributed by atoms with Gasteiger partial charge in [0.05, 0.1) is 0 Å². The van der Waals surface area contributed by atoms with E-state index in [1.54, 1.807) is 31.2 Å². The second-order valence-corrected chi connectivity index (χ2v) is 4.27. The van der Waals surface area contributed by atoms with Crippen molar-refractivity contribution >= 4 is 17.7 Å². The number of aromatic carboxylic acids is 1. The van der Waals surface area contributed by atoms with Crippen LogP contribution in [0.5, 0.6) is 5.75 Å². The number of aromatic nitrogens is 1. The summed E-state index contributed by atoms with van der Waals surface area (Å²) in [5.41, 5.74) is -0.0715. The van der Waals surface area contributed by atoms with Crippen LogP contribution in [0, 0.1) is 0 Å². The number of benzene rings is 1. The molecule has 1 unspecified atom stereocenters. The van der Waals surface area contributed by atoms with Gasteiger partial charge in [-0.05, 0) is 31.2 Å². The Bertz CT molecular complexity index is 643. The summed E-state index contributed by atoms with van der Waals surface area (Å²) < 4.78 is 5.46. The summed E-state index contributed by atoms with van der Waals surface area (Å²) in [5.74, 6) is -1.08. The van der Waals surface area contributed by atoms with Crippen LogP contribution in [0.4, 0.5) is 5.82 Å². The third kappa shape index (κ3) is 3.79. The normalized spacial score (nSPS) is 11.5. The molecule has 108 valence electrons. The summed E-state index contributed by atoms with van der Waals surface area (Å²) >= 11 is 0. The minimum atomic E-state index is -1.16. The number of ether oxygens (including phenoxy) is 1.